The number of aryl methyl sites for hydroxylation is 2. The Bertz CT molecular complexity index is 1060. The molecule has 1 amide bonds. The van der Waals surface area contributed by atoms with Crippen LogP contribution < -0.4 is 15.8 Å². The minimum Gasteiger partial charge on any atom is -0.370 e. The second kappa shape index (κ2) is 6.78. The van der Waals surface area contributed by atoms with E-state index in [1.54, 1.807) is 36.0 Å². The zero-order valence-electron chi connectivity index (χ0n) is 15.2. The predicted molar refractivity (Wildman–Crippen MR) is 97.7 cm³/mol. The highest BCUT2D eigenvalue weighted by Crippen LogP contribution is 2.21. The molecule has 3 aromatic rings. The van der Waals surface area contributed by atoms with Crippen molar-refractivity contribution in [3.63, 3.8) is 0 Å². The number of nitrogens with zero attached hydrogens (tertiary/aromatic N) is 7. The number of anilines is 1. The standard InChI is InChI=1S/C17H20N8O2/c1-11-3-6-25-15(21-22-17(25)20-11)16(27)18-8-12-4-5-24(10-12)13-7-14(26)23(2)19-9-13/h3,6-7,9,12H,4-5,8,10H2,1-2H3,(H,18,27)/t12-/m1/s1. The lowest BCUT2D eigenvalue weighted by Crippen LogP contribution is -2.32. The molecular weight excluding hydrogens is 348 g/mol. The van der Waals surface area contributed by atoms with E-state index in [1.165, 1.54) is 4.68 Å². The number of rotatable bonds is 4. The van der Waals surface area contributed by atoms with Crippen LogP contribution in [0.1, 0.15) is 22.7 Å². The Morgan fingerprint density at radius 2 is 2.22 bits per heavy atom. The summed E-state index contributed by atoms with van der Waals surface area (Å²) < 4.78 is 2.88. The van der Waals surface area contributed by atoms with Crippen LogP contribution in [0.25, 0.3) is 5.78 Å². The summed E-state index contributed by atoms with van der Waals surface area (Å²) in [4.78, 5) is 30.6. The van der Waals surface area contributed by atoms with Crippen LogP contribution in [0, 0.1) is 12.8 Å². The van der Waals surface area contributed by atoms with Gasteiger partial charge < -0.3 is 10.2 Å². The molecule has 0 radical (unpaired) electrons. The summed E-state index contributed by atoms with van der Waals surface area (Å²) in [5, 5.41) is 14.9. The molecule has 4 rings (SSSR count). The first-order valence-corrected chi connectivity index (χ1v) is 8.76. The Morgan fingerprint density at radius 1 is 1.37 bits per heavy atom. The summed E-state index contributed by atoms with van der Waals surface area (Å²) in [6.07, 6.45) is 4.36. The van der Waals surface area contributed by atoms with Gasteiger partial charge in [0.1, 0.15) is 0 Å². The summed E-state index contributed by atoms with van der Waals surface area (Å²) in [6, 6.07) is 3.39. The molecule has 0 spiro atoms. The molecule has 10 heteroatoms. The third-order valence-electron chi connectivity index (χ3n) is 4.78. The van der Waals surface area contributed by atoms with Gasteiger partial charge in [0.25, 0.3) is 17.2 Å². The molecule has 3 aromatic heterocycles. The van der Waals surface area contributed by atoms with Gasteiger partial charge in [0, 0.05) is 44.6 Å². The fourth-order valence-electron chi connectivity index (χ4n) is 3.21. The highest BCUT2D eigenvalue weighted by atomic mass is 16.2. The highest BCUT2D eigenvalue weighted by Gasteiger charge is 2.24. The molecule has 1 fully saturated rings. The van der Waals surface area contributed by atoms with Crippen molar-refractivity contribution in [1.82, 2.24) is 34.7 Å². The zero-order chi connectivity index (χ0) is 19.0. The lowest BCUT2D eigenvalue weighted by molar-refractivity contribution is 0.0936. The highest BCUT2D eigenvalue weighted by molar-refractivity contribution is 5.91. The number of carbonyl (C=O) groups excluding carboxylic acids is 1. The van der Waals surface area contributed by atoms with E-state index in [0.29, 0.717) is 12.3 Å². The van der Waals surface area contributed by atoms with Crippen LogP contribution >= 0.6 is 0 Å². The molecule has 4 heterocycles. The molecule has 1 aliphatic rings. The van der Waals surface area contributed by atoms with E-state index < -0.39 is 0 Å². The average molecular weight is 368 g/mol. The lowest BCUT2D eigenvalue weighted by Gasteiger charge is -2.18. The Hall–Kier alpha value is -3.30. The Labute approximate surface area is 154 Å². The molecular formula is C17H20N8O2. The second-order valence-electron chi connectivity index (χ2n) is 6.75. The SMILES string of the molecule is Cc1ccn2c(C(=O)NC[C@H]3CCN(c4cnn(C)c(=O)c4)C3)nnc2n1. The third kappa shape index (κ3) is 3.37. The Balaban J connectivity index is 1.38. The summed E-state index contributed by atoms with van der Waals surface area (Å²) in [7, 11) is 1.62. The van der Waals surface area contributed by atoms with E-state index in [-0.39, 0.29) is 23.2 Å². The van der Waals surface area contributed by atoms with Gasteiger partial charge in [0.05, 0.1) is 11.9 Å². The molecule has 1 aliphatic heterocycles. The van der Waals surface area contributed by atoms with Crippen LogP contribution in [0.15, 0.2) is 29.3 Å². The fourth-order valence-corrected chi connectivity index (χ4v) is 3.21. The molecule has 0 saturated carbocycles. The first-order valence-electron chi connectivity index (χ1n) is 8.76. The minimum absolute atomic E-state index is 0.133. The van der Waals surface area contributed by atoms with Gasteiger partial charge in [-0.15, -0.1) is 10.2 Å². The number of hydrogen-bond acceptors (Lipinski definition) is 7. The topological polar surface area (TPSA) is 110 Å². The van der Waals surface area contributed by atoms with Gasteiger partial charge in [0.2, 0.25) is 5.82 Å². The molecule has 0 unspecified atom stereocenters. The Morgan fingerprint density at radius 3 is 3.04 bits per heavy atom. The number of aromatic nitrogens is 6. The van der Waals surface area contributed by atoms with Crippen molar-refractivity contribution in [3.05, 3.63) is 46.4 Å². The number of fused-ring (bicyclic) bond motifs is 1. The van der Waals surface area contributed by atoms with Crippen molar-refractivity contribution in [2.75, 3.05) is 24.5 Å². The number of amides is 1. The molecule has 27 heavy (non-hydrogen) atoms. The minimum atomic E-state index is -0.276. The van der Waals surface area contributed by atoms with Crippen molar-refractivity contribution in [3.8, 4) is 0 Å². The van der Waals surface area contributed by atoms with Crippen molar-refractivity contribution in [2.45, 2.75) is 13.3 Å². The normalized spacial score (nSPS) is 16.8. The van der Waals surface area contributed by atoms with Crippen molar-refractivity contribution < 1.29 is 4.79 Å². The van der Waals surface area contributed by atoms with E-state index in [9.17, 15) is 9.59 Å². The van der Waals surface area contributed by atoms with Crippen molar-refractivity contribution in [1.29, 1.82) is 0 Å². The maximum Gasteiger partial charge on any atom is 0.289 e. The third-order valence-corrected chi connectivity index (χ3v) is 4.78. The van der Waals surface area contributed by atoms with Gasteiger partial charge in [-0.1, -0.05) is 0 Å². The molecule has 0 aromatic carbocycles. The summed E-state index contributed by atoms with van der Waals surface area (Å²) in [5.74, 6) is 0.646. The van der Waals surface area contributed by atoms with Crippen molar-refractivity contribution >= 4 is 17.4 Å². The number of hydrogen-bond donors (Lipinski definition) is 1. The second-order valence-corrected chi connectivity index (χ2v) is 6.75. The van der Waals surface area contributed by atoms with E-state index in [4.69, 9.17) is 0 Å². The first kappa shape index (κ1) is 17.1. The van der Waals surface area contributed by atoms with E-state index in [0.717, 1.165) is 30.9 Å². The molecule has 1 saturated heterocycles. The van der Waals surface area contributed by atoms with Crippen LogP contribution in [-0.2, 0) is 7.05 Å². The van der Waals surface area contributed by atoms with Crippen LogP contribution in [0.4, 0.5) is 5.69 Å². The molecule has 10 nitrogen and oxygen atoms in total. The average Bonchev–Trinajstić information content (AvgIpc) is 3.28. The summed E-state index contributed by atoms with van der Waals surface area (Å²) in [6.45, 7) is 3.98. The van der Waals surface area contributed by atoms with Crippen LogP contribution in [0.3, 0.4) is 0 Å². The number of carbonyl (C=O) groups is 1. The predicted octanol–water partition coefficient (Wildman–Crippen LogP) is -0.217. The van der Waals surface area contributed by atoms with Crippen LogP contribution in [-0.4, -0.2) is 54.9 Å². The molecule has 1 atom stereocenters. The summed E-state index contributed by atoms with van der Waals surface area (Å²) >= 11 is 0. The first-order chi connectivity index (χ1) is 13.0. The molecule has 0 bridgehead atoms. The van der Waals surface area contributed by atoms with Crippen LogP contribution in [0.5, 0.6) is 0 Å². The maximum atomic E-state index is 12.5. The zero-order valence-corrected chi connectivity index (χ0v) is 15.2. The number of nitrogens with one attached hydrogen (secondary N) is 1. The van der Waals surface area contributed by atoms with Gasteiger partial charge >= 0.3 is 0 Å². The largest absolute Gasteiger partial charge is 0.370 e. The van der Waals surface area contributed by atoms with Gasteiger partial charge in [-0.3, -0.25) is 14.0 Å². The van der Waals surface area contributed by atoms with Gasteiger partial charge in [-0.2, -0.15) is 5.10 Å². The fraction of sp³-hybridized carbons (Fsp3) is 0.412. The molecule has 140 valence electrons. The maximum absolute atomic E-state index is 12.5. The van der Waals surface area contributed by atoms with Gasteiger partial charge in [-0.05, 0) is 25.3 Å². The summed E-state index contributed by atoms with van der Waals surface area (Å²) in [5.41, 5.74) is 1.50. The van der Waals surface area contributed by atoms with Crippen molar-refractivity contribution in [2.24, 2.45) is 13.0 Å². The monoisotopic (exact) mass is 368 g/mol. The van der Waals surface area contributed by atoms with Gasteiger partial charge in [0.15, 0.2) is 0 Å². The van der Waals surface area contributed by atoms with Crippen LogP contribution in [0.2, 0.25) is 0 Å². The van der Waals surface area contributed by atoms with E-state index in [1.807, 2.05) is 6.92 Å². The van der Waals surface area contributed by atoms with Gasteiger partial charge in [-0.25, -0.2) is 9.67 Å². The lowest BCUT2D eigenvalue weighted by atomic mass is 10.1. The molecule has 0 aliphatic carbocycles. The van der Waals surface area contributed by atoms with E-state index in [2.05, 4.69) is 30.5 Å². The quantitative estimate of drug-likeness (QED) is 0.678. The smallest absolute Gasteiger partial charge is 0.289 e. The van der Waals surface area contributed by atoms with E-state index >= 15 is 0 Å². The molecule has 1 N–H and O–H groups in total. The Kier molecular flexibility index (Phi) is 4.30.